The minimum atomic E-state index is -0.369. The molecule has 0 aliphatic carbocycles. The molecule has 3 heterocycles. The van der Waals surface area contributed by atoms with Crippen LogP contribution in [0.15, 0.2) is 36.5 Å². The second-order valence-electron chi connectivity index (χ2n) is 7.39. The second kappa shape index (κ2) is 8.57. The molecule has 2 saturated heterocycles. The van der Waals surface area contributed by atoms with Gasteiger partial charge >= 0.3 is 0 Å². The number of carbonyl (C=O) groups is 2. The SMILES string of the molecule is Cc1ccc(N2CC(C(=O)NCc3nccc(N4CCOCC4)n3)CC2=O)cc1. The number of benzene rings is 1. The van der Waals surface area contributed by atoms with E-state index >= 15 is 0 Å². The Morgan fingerprint density at radius 1 is 1.21 bits per heavy atom. The molecule has 152 valence electrons. The molecular weight excluding hydrogens is 370 g/mol. The fourth-order valence-electron chi connectivity index (χ4n) is 3.61. The number of rotatable bonds is 5. The van der Waals surface area contributed by atoms with Crippen LogP contribution in [0.5, 0.6) is 0 Å². The Morgan fingerprint density at radius 3 is 2.72 bits per heavy atom. The molecule has 1 aromatic heterocycles. The first-order valence-electron chi connectivity index (χ1n) is 9.89. The zero-order valence-electron chi connectivity index (χ0n) is 16.5. The summed E-state index contributed by atoms with van der Waals surface area (Å²) < 4.78 is 5.37. The van der Waals surface area contributed by atoms with Gasteiger partial charge in [-0.2, -0.15) is 0 Å². The number of amides is 2. The number of ether oxygens (including phenoxy) is 1. The van der Waals surface area contributed by atoms with Crippen LogP contribution in [0.3, 0.4) is 0 Å². The van der Waals surface area contributed by atoms with E-state index in [-0.39, 0.29) is 30.7 Å². The third-order valence-corrected chi connectivity index (χ3v) is 5.29. The van der Waals surface area contributed by atoms with E-state index < -0.39 is 0 Å². The van der Waals surface area contributed by atoms with Crippen LogP contribution in [0.4, 0.5) is 11.5 Å². The molecule has 1 N–H and O–H groups in total. The topological polar surface area (TPSA) is 87.7 Å². The highest BCUT2D eigenvalue weighted by atomic mass is 16.5. The average Bonchev–Trinajstić information content (AvgIpc) is 3.15. The summed E-state index contributed by atoms with van der Waals surface area (Å²) in [5, 5.41) is 2.89. The van der Waals surface area contributed by atoms with Crippen LogP contribution >= 0.6 is 0 Å². The van der Waals surface area contributed by atoms with Crippen LogP contribution in [-0.4, -0.2) is 54.6 Å². The lowest BCUT2D eigenvalue weighted by molar-refractivity contribution is -0.126. The fraction of sp³-hybridized carbons (Fsp3) is 0.429. The molecule has 1 aromatic carbocycles. The first kappa shape index (κ1) is 19.3. The van der Waals surface area contributed by atoms with E-state index in [0.29, 0.717) is 25.6 Å². The van der Waals surface area contributed by atoms with Crippen molar-refractivity contribution in [3.8, 4) is 0 Å². The van der Waals surface area contributed by atoms with E-state index in [1.165, 1.54) is 0 Å². The molecule has 2 aromatic rings. The summed E-state index contributed by atoms with van der Waals surface area (Å²) >= 11 is 0. The molecule has 8 heteroatoms. The van der Waals surface area contributed by atoms with Crippen molar-refractivity contribution >= 4 is 23.3 Å². The molecule has 0 saturated carbocycles. The van der Waals surface area contributed by atoms with Crippen molar-refractivity contribution in [1.82, 2.24) is 15.3 Å². The van der Waals surface area contributed by atoms with E-state index in [4.69, 9.17) is 4.74 Å². The number of nitrogens with zero attached hydrogens (tertiary/aromatic N) is 4. The van der Waals surface area contributed by atoms with Gasteiger partial charge in [0.1, 0.15) is 11.6 Å². The summed E-state index contributed by atoms with van der Waals surface area (Å²) in [7, 11) is 0. The number of hydrogen-bond donors (Lipinski definition) is 1. The molecule has 2 aliphatic heterocycles. The average molecular weight is 395 g/mol. The van der Waals surface area contributed by atoms with E-state index in [1.54, 1.807) is 11.1 Å². The van der Waals surface area contributed by atoms with Gasteiger partial charge in [-0.3, -0.25) is 9.59 Å². The standard InChI is InChI=1S/C21H25N5O3/c1-15-2-4-17(5-3-15)26-14-16(12-20(26)27)21(28)23-13-18-22-7-6-19(24-18)25-8-10-29-11-9-25/h2-7,16H,8-14H2,1H3,(H,23,28). The van der Waals surface area contributed by atoms with Gasteiger partial charge in [-0.25, -0.2) is 9.97 Å². The molecule has 0 radical (unpaired) electrons. The van der Waals surface area contributed by atoms with Crippen LogP contribution in [0.1, 0.15) is 17.8 Å². The van der Waals surface area contributed by atoms with Gasteiger partial charge in [0.15, 0.2) is 0 Å². The Balaban J connectivity index is 1.34. The van der Waals surface area contributed by atoms with Crippen molar-refractivity contribution in [1.29, 1.82) is 0 Å². The number of anilines is 2. The van der Waals surface area contributed by atoms with E-state index in [2.05, 4.69) is 20.2 Å². The molecule has 1 atom stereocenters. The van der Waals surface area contributed by atoms with Gasteiger partial charge in [-0.15, -0.1) is 0 Å². The van der Waals surface area contributed by atoms with E-state index in [1.807, 2.05) is 37.3 Å². The van der Waals surface area contributed by atoms with Crippen molar-refractivity contribution in [3.63, 3.8) is 0 Å². The fourth-order valence-corrected chi connectivity index (χ4v) is 3.61. The van der Waals surface area contributed by atoms with Crippen LogP contribution in [0.25, 0.3) is 0 Å². The first-order chi connectivity index (χ1) is 14.1. The molecule has 2 amide bonds. The van der Waals surface area contributed by atoms with Gasteiger partial charge in [0.05, 0.1) is 25.7 Å². The van der Waals surface area contributed by atoms with E-state index in [0.717, 1.165) is 30.2 Å². The summed E-state index contributed by atoms with van der Waals surface area (Å²) in [4.78, 5) is 37.6. The largest absolute Gasteiger partial charge is 0.378 e. The molecule has 4 rings (SSSR count). The van der Waals surface area contributed by atoms with Gasteiger partial charge in [-0.05, 0) is 25.1 Å². The maximum absolute atomic E-state index is 12.6. The summed E-state index contributed by atoms with van der Waals surface area (Å²) in [6, 6.07) is 9.63. The van der Waals surface area contributed by atoms with Crippen LogP contribution in [-0.2, 0) is 20.9 Å². The Labute approximate surface area is 169 Å². The lowest BCUT2D eigenvalue weighted by Crippen LogP contribution is -2.37. The molecule has 2 aliphatic rings. The highest BCUT2D eigenvalue weighted by Gasteiger charge is 2.35. The van der Waals surface area contributed by atoms with Crippen molar-refractivity contribution in [3.05, 3.63) is 47.9 Å². The number of aromatic nitrogens is 2. The molecule has 2 fully saturated rings. The summed E-state index contributed by atoms with van der Waals surface area (Å²) in [5.74, 6) is 0.857. The smallest absolute Gasteiger partial charge is 0.227 e. The molecule has 1 unspecified atom stereocenters. The number of nitrogens with one attached hydrogen (secondary N) is 1. The van der Waals surface area contributed by atoms with Gasteiger partial charge in [0.2, 0.25) is 11.8 Å². The number of carbonyl (C=O) groups excluding carboxylic acids is 2. The summed E-state index contributed by atoms with van der Waals surface area (Å²) in [6.07, 6.45) is 1.92. The van der Waals surface area contributed by atoms with Crippen LogP contribution < -0.4 is 15.1 Å². The highest BCUT2D eigenvalue weighted by molar-refractivity contribution is 6.00. The molecule has 0 spiro atoms. The molecular formula is C21H25N5O3. The lowest BCUT2D eigenvalue weighted by atomic mass is 10.1. The minimum Gasteiger partial charge on any atom is -0.378 e. The van der Waals surface area contributed by atoms with Crippen molar-refractivity contribution < 1.29 is 14.3 Å². The third kappa shape index (κ3) is 4.54. The summed E-state index contributed by atoms with van der Waals surface area (Å²) in [6.45, 7) is 5.59. The van der Waals surface area contributed by atoms with Gasteiger partial charge < -0.3 is 19.9 Å². The van der Waals surface area contributed by atoms with Crippen LogP contribution in [0, 0.1) is 12.8 Å². The molecule has 0 bridgehead atoms. The zero-order chi connectivity index (χ0) is 20.2. The second-order valence-corrected chi connectivity index (χ2v) is 7.39. The Bertz CT molecular complexity index is 880. The Hall–Kier alpha value is -3.00. The van der Waals surface area contributed by atoms with Crippen LogP contribution in [0.2, 0.25) is 0 Å². The summed E-state index contributed by atoms with van der Waals surface area (Å²) in [5.41, 5.74) is 1.96. The normalized spacial score (nSPS) is 19.5. The van der Waals surface area contributed by atoms with Gasteiger partial charge in [0.25, 0.3) is 0 Å². The first-order valence-corrected chi connectivity index (χ1v) is 9.89. The van der Waals surface area contributed by atoms with E-state index in [9.17, 15) is 9.59 Å². The monoisotopic (exact) mass is 395 g/mol. The number of morpholine rings is 1. The molecule has 8 nitrogen and oxygen atoms in total. The van der Waals surface area contributed by atoms with Gasteiger partial charge in [0, 0.05) is 37.9 Å². The maximum Gasteiger partial charge on any atom is 0.227 e. The van der Waals surface area contributed by atoms with Crippen molar-refractivity contribution in [2.24, 2.45) is 5.92 Å². The number of aryl methyl sites for hydroxylation is 1. The quantitative estimate of drug-likeness (QED) is 0.821. The maximum atomic E-state index is 12.6. The zero-order valence-corrected chi connectivity index (χ0v) is 16.5. The van der Waals surface area contributed by atoms with Crippen molar-refractivity contribution in [2.75, 3.05) is 42.6 Å². The lowest BCUT2D eigenvalue weighted by Gasteiger charge is -2.27. The Kier molecular flexibility index (Phi) is 5.71. The third-order valence-electron chi connectivity index (χ3n) is 5.29. The molecule has 29 heavy (non-hydrogen) atoms. The van der Waals surface area contributed by atoms with Crippen molar-refractivity contribution in [2.45, 2.75) is 19.9 Å². The Morgan fingerprint density at radius 2 is 1.97 bits per heavy atom. The van der Waals surface area contributed by atoms with Gasteiger partial charge in [-0.1, -0.05) is 17.7 Å². The predicted octanol–water partition coefficient (Wildman–Crippen LogP) is 1.29. The highest BCUT2D eigenvalue weighted by Crippen LogP contribution is 2.25. The predicted molar refractivity (Wildman–Crippen MR) is 109 cm³/mol. The minimum absolute atomic E-state index is 0.0282. The number of hydrogen-bond acceptors (Lipinski definition) is 6.